The Labute approximate surface area is 194 Å². The average Bonchev–Trinajstić information content (AvgIpc) is 3.10. The van der Waals surface area contributed by atoms with Crippen molar-refractivity contribution in [1.29, 1.82) is 0 Å². The van der Waals surface area contributed by atoms with Crippen molar-refractivity contribution in [2.24, 2.45) is 5.92 Å². The molecule has 1 unspecified atom stereocenters. The maximum absolute atomic E-state index is 14.8. The largest absolute Gasteiger partial charge is 0.381 e. The van der Waals surface area contributed by atoms with Gasteiger partial charge in [0.2, 0.25) is 5.91 Å². The number of para-hydroxylation sites is 1. The third-order valence-corrected chi connectivity index (χ3v) is 7.50. The van der Waals surface area contributed by atoms with Crippen LogP contribution in [0.4, 0.5) is 4.39 Å². The standard InChI is InChI=1S/C28H31FN2O2/c29-25-11-2-1-10-24(25)28(13-18-33-19-14-28)27(32)31-16-5-6-21(12-17-31)20-23-8-3-7-22-9-4-15-30-26(22)23/h1-4,7-11,15,21H,5-6,12-14,16-20H2. The molecule has 0 aliphatic carbocycles. The first-order valence-corrected chi connectivity index (χ1v) is 12.1. The number of carbonyl (C=O) groups excluding carboxylic acids is 1. The molecule has 2 aromatic carbocycles. The van der Waals surface area contributed by atoms with Gasteiger partial charge in [-0.3, -0.25) is 9.78 Å². The Hall–Kier alpha value is -2.79. The lowest BCUT2D eigenvalue weighted by Gasteiger charge is -2.40. The number of halogens is 1. The highest BCUT2D eigenvalue weighted by Crippen LogP contribution is 2.39. The molecule has 0 radical (unpaired) electrons. The Morgan fingerprint density at radius 1 is 1.03 bits per heavy atom. The topological polar surface area (TPSA) is 42.4 Å². The molecule has 0 N–H and O–H groups in total. The molecule has 1 atom stereocenters. The molecule has 172 valence electrons. The Kier molecular flexibility index (Phi) is 6.41. The van der Waals surface area contributed by atoms with Gasteiger partial charge in [0.25, 0.3) is 0 Å². The Morgan fingerprint density at radius 3 is 2.70 bits per heavy atom. The maximum Gasteiger partial charge on any atom is 0.233 e. The summed E-state index contributed by atoms with van der Waals surface area (Å²) in [5.74, 6) is 0.293. The van der Waals surface area contributed by atoms with Crippen LogP contribution >= 0.6 is 0 Å². The molecule has 3 aromatic rings. The van der Waals surface area contributed by atoms with E-state index in [1.807, 2.05) is 23.2 Å². The summed E-state index contributed by atoms with van der Waals surface area (Å²) in [5, 5.41) is 1.17. The zero-order valence-electron chi connectivity index (χ0n) is 19.0. The van der Waals surface area contributed by atoms with E-state index < -0.39 is 5.41 Å². The molecule has 2 aliphatic rings. The molecule has 0 saturated carbocycles. The minimum atomic E-state index is -0.816. The lowest BCUT2D eigenvalue weighted by atomic mass is 9.72. The summed E-state index contributed by atoms with van der Waals surface area (Å²) >= 11 is 0. The van der Waals surface area contributed by atoms with Crippen molar-refractivity contribution in [3.63, 3.8) is 0 Å². The number of nitrogens with zero attached hydrogens (tertiary/aromatic N) is 2. The van der Waals surface area contributed by atoms with Crippen LogP contribution in [0.3, 0.4) is 0 Å². The summed E-state index contributed by atoms with van der Waals surface area (Å²) in [7, 11) is 0. The van der Waals surface area contributed by atoms with E-state index in [0.717, 1.165) is 44.3 Å². The van der Waals surface area contributed by atoms with E-state index in [4.69, 9.17) is 4.74 Å². The number of hydrogen-bond acceptors (Lipinski definition) is 3. The van der Waals surface area contributed by atoms with E-state index in [1.54, 1.807) is 12.1 Å². The first-order valence-electron chi connectivity index (χ1n) is 12.1. The maximum atomic E-state index is 14.8. The number of pyridine rings is 1. The van der Waals surface area contributed by atoms with Crippen molar-refractivity contribution >= 4 is 16.8 Å². The summed E-state index contributed by atoms with van der Waals surface area (Å²) in [4.78, 5) is 20.5. The normalized spacial score (nSPS) is 21.0. The molecule has 0 bridgehead atoms. The van der Waals surface area contributed by atoms with Gasteiger partial charge in [-0.2, -0.15) is 0 Å². The van der Waals surface area contributed by atoms with Gasteiger partial charge in [0.1, 0.15) is 5.82 Å². The van der Waals surface area contributed by atoms with E-state index >= 15 is 0 Å². The molecule has 33 heavy (non-hydrogen) atoms. The van der Waals surface area contributed by atoms with Gasteiger partial charge in [-0.15, -0.1) is 0 Å². The van der Waals surface area contributed by atoms with Gasteiger partial charge in [0, 0.05) is 43.4 Å². The Morgan fingerprint density at radius 2 is 1.85 bits per heavy atom. The number of rotatable bonds is 4. The highest BCUT2D eigenvalue weighted by molar-refractivity contribution is 5.88. The fraction of sp³-hybridized carbons (Fsp3) is 0.429. The first kappa shape index (κ1) is 22.0. The lowest BCUT2D eigenvalue weighted by molar-refractivity contribution is -0.141. The second kappa shape index (κ2) is 9.60. The number of benzene rings is 2. The fourth-order valence-electron chi connectivity index (χ4n) is 5.69. The molecule has 2 fully saturated rings. The SMILES string of the molecule is O=C(N1CCCC(Cc2cccc3cccnc23)CC1)C1(c2ccccc2F)CCOCC1. The zero-order chi connectivity index (χ0) is 22.7. The summed E-state index contributed by atoms with van der Waals surface area (Å²) in [5.41, 5.74) is 2.08. The quantitative estimate of drug-likeness (QED) is 0.547. The Balaban J connectivity index is 1.33. The van der Waals surface area contributed by atoms with Crippen LogP contribution in [0.15, 0.2) is 60.8 Å². The number of carbonyl (C=O) groups is 1. The molecular formula is C28H31FN2O2. The van der Waals surface area contributed by atoms with Gasteiger partial charge in [0.05, 0.1) is 10.9 Å². The van der Waals surface area contributed by atoms with Crippen molar-refractivity contribution < 1.29 is 13.9 Å². The average molecular weight is 447 g/mol. The number of amides is 1. The predicted octanol–water partition coefficient (Wildman–Crippen LogP) is 5.29. The fourth-order valence-corrected chi connectivity index (χ4v) is 5.69. The summed E-state index contributed by atoms with van der Waals surface area (Å²) in [6, 6.07) is 17.2. The Bertz CT molecular complexity index is 1120. The van der Waals surface area contributed by atoms with Gasteiger partial charge < -0.3 is 9.64 Å². The minimum Gasteiger partial charge on any atom is -0.381 e. The molecule has 2 aliphatic heterocycles. The number of ether oxygens (including phenoxy) is 1. The van der Waals surface area contributed by atoms with Crippen LogP contribution in [0.5, 0.6) is 0 Å². The van der Waals surface area contributed by atoms with Gasteiger partial charge in [0.15, 0.2) is 0 Å². The van der Waals surface area contributed by atoms with Crippen molar-refractivity contribution in [2.45, 2.75) is 43.9 Å². The van der Waals surface area contributed by atoms with E-state index in [0.29, 0.717) is 37.5 Å². The van der Waals surface area contributed by atoms with Crippen LogP contribution in [0.1, 0.15) is 43.2 Å². The molecule has 3 heterocycles. The molecule has 4 nitrogen and oxygen atoms in total. The van der Waals surface area contributed by atoms with E-state index in [-0.39, 0.29) is 11.7 Å². The number of hydrogen-bond donors (Lipinski definition) is 0. The molecule has 5 rings (SSSR count). The molecule has 2 saturated heterocycles. The third kappa shape index (κ3) is 4.39. The van der Waals surface area contributed by atoms with Crippen LogP contribution in [0.25, 0.3) is 10.9 Å². The van der Waals surface area contributed by atoms with E-state index in [9.17, 15) is 9.18 Å². The van der Waals surface area contributed by atoms with E-state index in [1.165, 1.54) is 17.0 Å². The minimum absolute atomic E-state index is 0.0726. The van der Waals surface area contributed by atoms with Crippen LogP contribution in [-0.4, -0.2) is 42.1 Å². The van der Waals surface area contributed by atoms with Crippen LogP contribution in [-0.2, 0) is 21.4 Å². The van der Waals surface area contributed by atoms with Crippen molar-refractivity contribution in [2.75, 3.05) is 26.3 Å². The third-order valence-electron chi connectivity index (χ3n) is 7.50. The lowest BCUT2D eigenvalue weighted by Crippen LogP contribution is -2.50. The first-order chi connectivity index (χ1) is 16.2. The molecule has 0 spiro atoms. The van der Waals surface area contributed by atoms with Crippen molar-refractivity contribution in [1.82, 2.24) is 9.88 Å². The number of aromatic nitrogens is 1. The van der Waals surface area contributed by atoms with Gasteiger partial charge in [-0.1, -0.05) is 42.5 Å². The van der Waals surface area contributed by atoms with E-state index in [2.05, 4.69) is 29.2 Å². The summed E-state index contributed by atoms with van der Waals surface area (Å²) in [6.45, 7) is 2.44. The monoisotopic (exact) mass is 446 g/mol. The number of fused-ring (bicyclic) bond motifs is 1. The van der Waals surface area contributed by atoms with Crippen molar-refractivity contribution in [3.05, 3.63) is 77.7 Å². The summed E-state index contributed by atoms with van der Waals surface area (Å²) < 4.78 is 20.4. The van der Waals surface area contributed by atoms with Gasteiger partial charge in [-0.05, 0) is 62.1 Å². The van der Waals surface area contributed by atoms with Crippen molar-refractivity contribution in [3.8, 4) is 0 Å². The van der Waals surface area contributed by atoms with Crippen LogP contribution < -0.4 is 0 Å². The second-order valence-electron chi connectivity index (χ2n) is 9.46. The highest BCUT2D eigenvalue weighted by atomic mass is 19.1. The predicted molar refractivity (Wildman–Crippen MR) is 127 cm³/mol. The summed E-state index contributed by atoms with van der Waals surface area (Å²) in [6.07, 6.45) is 6.92. The van der Waals surface area contributed by atoms with Gasteiger partial charge >= 0.3 is 0 Å². The second-order valence-corrected chi connectivity index (χ2v) is 9.46. The molecule has 5 heteroatoms. The van der Waals surface area contributed by atoms with Crippen LogP contribution in [0, 0.1) is 11.7 Å². The van der Waals surface area contributed by atoms with Gasteiger partial charge in [-0.25, -0.2) is 4.39 Å². The zero-order valence-corrected chi connectivity index (χ0v) is 19.0. The van der Waals surface area contributed by atoms with Crippen LogP contribution in [0.2, 0.25) is 0 Å². The molecule has 1 aromatic heterocycles. The number of likely N-dealkylation sites (tertiary alicyclic amines) is 1. The smallest absolute Gasteiger partial charge is 0.233 e. The molecular weight excluding hydrogens is 415 g/mol. The highest BCUT2D eigenvalue weighted by Gasteiger charge is 2.45. The molecule has 1 amide bonds.